The molecule has 0 spiro atoms. The Kier molecular flexibility index (Phi) is 10.6. The van der Waals surface area contributed by atoms with E-state index in [1.807, 2.05) is 25.7 Å². The molecule has 2 fully saturated rings. The number of pyridine rings is 2. The van der Waals surface area contributed by atoms with E-state index in [0.29, 0.717) is 37.2 Å². The predicted octanol–water partition coefficient (Wildman–Crippen LogP) is 6.16. The fourth-order valence-corrected chi connectivity index (χ4v) is 7.91. The van der Waals surface area contributed by atoms with Crippen LogP contribution in [-0.2, 0) is 15.4 Å². The van der Waals surface area contributed by atoms with E-state index in [4.69, 9.17) is 4.98 Å². The van der Waals surface area contributed by atoms with Gasteiger partial charge in [-0.3, -0.25) is 4.79 Å². The third kappa shape index (κ3) is 8.44. The molecule has 2 atom stereocenters. The summed E-state index contributed by atoms with van der Waals surface area (Å²) in [5.74, 6) is 0.574. The smallest absolute Gasteiger partial charge is 0.367 e. The number of hydrogen-bond acceptors (Lipinski definition) is 8. The summed E-state index contributed by atoms with van der Waals surface area (Å²) in [6, 6.07) is 8.04. The van der Waals surface area contributed by atoms with Crippen molar-refractivity contribution in [2.75, 3.05) is 36.4 Å². The van der Waals surface area contributed by atoms with Crippen LogP contribution < -0.4 is 14.9 Å². The molecule has 2 aromatic heterocycles. The zero-order chi connectivity index (χ0) is 32.8. The first kappa shape index (κ1) is 36.2. The minimum Gasteiger partial charge on any atom is -0.367 e. The van der Waals surface area contributed by atoms with Gasteiger partial charge in [-0.1, -0.05) is 26.8 Å². The number of nitrogens with one attached hydrogen (secondary N) is 2. The number of anilines is 2. The van der Waals surface area contributed by atoms with Crippen molar-refractivity contribution < 1.29 is 26.4 Å². The number of carbonyl (C=O) groups excluding carboxylic acids is 1. The average Bonchev–Trinajstić information content (AvgIpc) is 3.26. The Morgan fingerprint density at radius 1 is 1.00 bits per heavy atom. The molecule has 3 aliphatic heterocycles. The molecule has 5 heterocycles. The Morgan fingerprint density at radius 3 is 2.35 bits per heavy atom. The highest BCUT2D eigenvalue weighted by atomic mass is 35.5. The maximum Gasteiger partial charge on any atom is 0.390 e. The number of piperidine rings is 1. The van der Waals surface area contributed by atoms with E-state index in [-0.39, 0.29) is 52.5 Å². The summed E-state index contributed by atoms with van der Waals surface area (Å²) in [5.41, 5.74) is 0.371. The minimum atomic E-state index is -4.32. The summed E-state index contributed by atoms with van der Waals surface area (Å²) in [6.45, 7) is 12.2. The summed E-state index contributed by atoms with van der Waals surface area (Å²) in [6.07, 6.45) is -0.984. The molecular formula is C32H46ClF3N6O3S. The van der Waals surface area contributed by atoms with Gasteiger partial charge in [-0.25, -0.2) is 14.7 Å². The molecule has 9 nitrogen and oxygen atoms in total. The van der Waals surface area contributed by atoms with Crippen LogP contribution >= 0.6 is 12.4 Å². The second kappa shape index (κ2) is 13.5. The lowest BCUT2D eigenvalue weighted by molar-refractivity contribution is -0.138. The molecule has 14 heteroatoms. The summed E-state index contributed by atoms with van der Waals surface area (Å²) >= 11 is 0. The van der Waals surface area contributed by atoms with Crippen molar-refractivity contribution in [1.82, 2.24) is 19.6 Å². The Hall–Kier alpha value is -2.64. The quantitative estimate of drug-likeness (QED) is 0.396. The van der Waals surface area contributed by atoms with Gasteiger partial charge >= 0.3 is 6.18 Å². The van der Waals surface area contributed by atoms with Crippen LogP contribution in [0.25, 0.3) is 0 Å². The van der Waals surface area contributed by atoms with Crippen LogP contribution in [0.5, 0.6) is 0 Å². The lowest BCUT2D eigenvalue weighted by Gasteiger charge is -2.37. The number of carbonyl (C=O) groups is 1. The molecule has 0 saturated carbocycles. The lowest BCUT2D eigenvalue weighted by atomic mass is 9.84. The number of hydrogen-bond donors (Lipinski definition) is 2. The van der Waals surface area contributed by atoms with Gasteiger partial charge in [0.25, 0.3) is 15.9 Å². The fourth-order valence-electron chi connectivity index (χ4n) is 6.97. The molecular weight excluding hydrogens is 641 g/mol. The summed E-state index contributed by atoms with van der Waals surface area (Å²) in [7, 11) is -4.32. The van der Waals surface area contributed by atoms with Crippen LogP contribution in [0.4, 0.5) is 24.8 Å². The number of likely N-dealkylation sites (tertiary alicyclic amines) is 1. The topological polar surface area (TPSA) is 108 Å². The van der Waals surface area contributed by atoms with Gasteiger partial charge in [-0.15, -0.1) is 12.4 Å². The summed E-state index contributed by atoms with van der Waals surface area (Å²) < 4.78 is 67.6. The molecule has 4 bridgehead atoms. The SMILES string of the molecule is CC(C)(C)c1ccc2c(n1)N1C[C@@H](CCC(C3CCN(CCC(F)(F)F)CC3)Nc3cccc(n3)S(=O)(=O)NC2=O)CC1(C)C.Cl. The highest BCUT2D eigenvalue weighted by Gasteiger charge is 2.42. The molecule has 1 unspecified atom stereocenters. The van der Waals surface area contributed by atoms with E-state index in [1.54, 1.807) is 24.3 Å². The number of sulfonamides is 1. The first-order valence-electron chi connectivity index (χ1n) is 15.8. The van der Waals surface area contributed by atoms with Crippen molar-refractivity contribution in [3.63, 3.8) is 0 Å². The standard InChI is InChI=1S/C32H45F3N6O3S.ClH/c1-30(2,3)25-12-10-23-28(37-25)41-20-21(19-31(41,4)5)9-11-24(22-13-16-40(17-14-22)18-15-32(33,34)35)36-26-7-6-8-27(38-26)45(43,44)39-29(23)42;/h6-8,10,12,21-22,24H,9,11,13-20H2,1-5H3,(H,36,38)(H,39,42);1H/t21-,24?;/m0./s1. The largest absolute Gasteiger partial charge is 0.390 e. The van der Waals surface area contributed by atoms with Gasteiger partial charge in [0.2, 0.25) is 0 Å². The molecule has 0 radical (unpaired) electrons. The first-order chi connectivity index (χ1) is 20.9. The van der Waals surface area contributed by atoms with Crippen molar-refractivity contribution in [1.29, 1.82) is 0 Å². The molecule has 1 amide bonds. The van der Waals surface area contributed by atoms with Crippen molar-refractivity contribution >= 4 is 40.0 Å². The van der Waals surface area contributed by atoms with Crippen molar-refractivity contribution in [2.24, 2.45) is 11.8 Å². The molecule has 46 heavy (non-hydrogen) atoms. The predicted molar refractivity (Wildman–Crippen MR) is 175 cm³/mol. The van der Waals surface area contributed by atoms with E-state index >= 15 is 0 Å². The summed E-state index contributed by atoms with van der Waals surface area (Å²) in [5, 5.41) is 3.21. The Morgan fingerprint density at radius 2 is 1.70 bits per heavy atom. The van der Waals surface area contributed by atoms with Crippen LogP contribution in [0.15, 0.2) is 35.4 Å². The van der Waals surface area contributed by atoms with Gasteiger partial charge in [0, 0.05) is 35.8 Å². The maximum atomic E-state index is 13.6. The first-order valence-corrected chi connectivity index (χ1v) is 17.3. The third-order valence-electron chi connectivity index (χ3n) is 9.46. The Balaban J connectivity index is 0.00000480. The number of alkyl halides is 3. The number of aromatic nitrogens is 2. The van der Waals surface area contributed by atoms with Crippen molar-refractivity contribution in [3.8, 4) is 0 Å². The van der Waals surface area contributed by atoms with Crippen molar-refractivity contribution in [3.05, 3.63) is 41.6 Å². The molecule has 0 aliphatic carbocycles. The highest BCUT2D eigenvalue weighted by molar-refractivity contribution is 7.90. The minimum absolute atomic E-state index is 0. The second-order valence-corrected chi connectivity index (χ2v) is 16.1. The number of nitrogens with zero attached hydrogens (tertiary/aromatic N) is 4. The van der Waals surface area contributed by atoms with Gasteiger partial charge in [0.1, 0.15) is 11.6 Å². The van der Waals surface area contributed by atoms with E-state index in [9.17, 15) is 26.4 Å². The molecule has 0 aromatic carbocycles. The van der Waals surface area contributed by atoms with Crippen LogP contribution in [-0.4, -0.2) is 73.1 Å². The molecule has 256 valence electrons. The zero-order valence-electron chi connectivity index (χ0n) is 27.2. The van der Waals surface area contributed by atoms with E-state index in [1.165, 1.54) is 6.07 Å². The summed E-state index contributed by atoms with van der Waals surface area (Å²) in [4.78, 5) is 27.0. The molecule has 5 rings (SSSR count). The number of rotatable bonds is 3. The van der Waals surface area contributed by atoms with Gasteiger partial charge in [-0.05, 0) is 95.1 Å². The van der Waals surface area contributed by atoms with Crippen LogP contribution in [0.3, 0.4) is 0 Å². The fraction of sp³-hybridized carbons (Fsp3) is 0.656. The molecule has 2 aromatic rings. The maximum absolute atomic E-state index is 13.6. The zero-order valence-corrected chi connectivity index (χ0v) is 28.8. The van der Waals surface area contributed by atoms with Crippen LogP contribution in [0.2, 0.25) is 0 Å². The average molecular weight is 687 g/mol. The van der Waals surface area contributed by atoms with E-state index in [0.717, 1.165) is 37.8 Å². The normalized spacial score (nSPS) is 24.1. The number of fused-ring (bicyclic) bond motifs is 6. The van der Waals surface area contributed by atoms with Gasteiger partial charge in [-0.2, -0.15) is 21.6 Å². The van der Waals surface area contributed by atoms with E-state index in [2.05, 4.69) is 33.8 Å². The Bertz CT molecular complexity index is 1510. The van der Waals surface area contributed by atoms with Gasteiger partial charge in [0.05, 0.1) is 12.0 Å². The third-order valence-corrected chi connectivity index (χ3v) is 10.7. The van der Waals surface area contributed by atoms with Gasteiger partial charge in [0.15, 0.2) is 5.03 Å². The van der Waals surface area contributed by atoms with E-state index < -0.39 is 28.5 Å². The van der Waals surface area contributed by atoms with Gasteiger partial charge < -0.3 is 15.1 Å². The second-order valence-electron chi connectivity index (χ2n) is 14.5. The number of amides is 1. The molecule has 2 N–H and O–H groups in total. The molecule has 3 aliphatic rings. The number of halogens is 4. The Labute approximate surface area is 276 Å². The monoisotopic (exact) mass is 686 g/mol. The van der Waals surface area contributed by atoms with Crippen LogP contribution in [0, 0.1) is 11.8 Å². The highest BCUT2D eigenvalue weighted by Crippen LogP contribution is 2.41. The van der Waals surface area contributed by atoms with Crippen LogP contribution in [0.1, 0.15) is 89.2 Å². The molecule has 2 saturated heterocycles. The van der Waals surface area contributed by atoms with Crippen molar-refractivity contribution in [2.45, 2.75) is 101 Å². The lowest BCUT2D eigenvalue weighted by Crippen LogP contribution is -2.41.